The molecule has 6 heteroatoms. The van der Waals surface area contributed by atoms with E-state index >= 15 is 0 Å². The largest absolute Gasteiger partial charge is 0.497 e. The van der Waals surface area contributed by atoms with Crippen molar-refractivity contribution >= 4 is 17.5 Å². The first-order valence-electron chi connectivity index (χ1n) is 9.51. The highest BCUT2D eigenvalue weighted by Gasteiger charge is 2.43. The molecule has 0 aromatic heterocycles. The third kappa shape index (κ3) is 3.94. The van der Waals surface area contributed by atoms with Crippen molar-refractivity contribution < 1.29 is 14.3 Å². The minimum atomic E-state index is -0.688. The van der Waals surface area contributed by atoms with Gasteiger partial charge in [0, 0.05) is 38.8 Å². The second-order valence-corrected chi connectivity index (χ2v) is 7.30. The van der Waals surface area contributed by atoms with E-state index in [9.17, 15) is 9.59 Å². The van der Waals surface area contributed by atoms with Crippen LogP contribution >= 0.6 is 0 Å². The average molecular weight is 359 g/mol. The van der Waals surface area contributed by atoms with Crippen molar-refractivity contribution in [2.75, 3.05) is 38.2 Å². The van der Waals surface area contributed by atoms with Gasteiger partial charge in [0.15, 0.2) is 0 Å². The zero-order valence-corrected chi connectivity index (χ0v) is 15.8. The van der Waals surface area contributed by atoms with Gasteiger partial charge in [0.2, 0.25) is 11.8 Å². The van der Waals surface area contributed by atoms with Crippen molar-refractivity contribution in [2.24, 2.45) is 0 Å². The Kier molecular flexibility index (Phi) is 5.69. The Hall–Kier alpha value is -2.24. The number of ether oxygens (including phenoxy) is 1. The molecular weight excluding hydrogens is 330 g/mol. The van der Waals surface area contributed by atoms with Crippen molar-refractivity contribution in [3.63, 3.8) is 0 Å². The quantitative estimate of drug-likeness (QED) is 0.895. The molecule has 6 nitrogen and oxygen atoms in total. The number of carbonyl (C=O) groups excluding carboxylic acids is 2. The maximum atomic E-state index is 13.2. The predicted molar refractivity (Wildman–Crippen MR) is 101 cm³/mol. The van der Waals surface area contributed by atoms with Gasteiger partial charge >= 0.3 is 0 Å². The summed E-state index contributed by atoms with van der Waals surface area (Å²) < 4.78 is 5.21. The van der Waals surface area contributed by atoms with E-state index in [0.717, 1.165) is 56.6 Å². The summed E-state index contributed by atoms with van der Waals surface area (Å²) in [5, 5.41) is 2.99. The Balaban J connectivity index is 1.63. The van der Waals surface area contributed by atoms with Crippen LogP contribution in [0.3, 0.4) is 0 Å². The summed E-state index contributed by atoms with van der Waals surface area (Å²) in [5.74, 6) is 0.830. The molecule has 2 amide bonds. The van der Waals surface area contributed by atoms with E-state index in [4.69, 9.17) is 4.74 Å². The number of hydrogen-bond acceptors (Lipinski definition) is 4. The summed E-state index contributed by atoms with van der Waals surface area (Å²) >= 11 is 0. The van der Waals surface area contributed by atoms with Gasteiger partial charge < -0.3 is 19.9 Å². The average Bonchev–Trinajstić information content (AvgIpc) is 2.68. The predicted octanol–water partition coefficient (Wildman–Crippen LogP) is 2.18. The molecule has 0 radical (unpaired) electrons. The molecule has 1 aliphatic carbocycles. The maximum absolute atomic E-state index is 13.2. The summed E-state index contributed by atoms with van der Waals surface area (Å²) in [7, 11) is 1.66. The molecule has 0 unspecified atom stereocenters. The smallest absolute Gasteiger partial charge is 0.248 e. The number of hydrogen-bond donors (Lipinski definition) is 1. The van der Waals surface area contributed by atoms with E-state index in [2.05, 4.69) is 22.3 Å². The number of piperazine rings is 1. The monoisotopic (exact) mass is 359 g/mol. The SMILES string of the molecule is COc1ccc(N2CCN(C(=O)C3(NC(C)=O)CCCCC3)CC2)cc1. The van der Waals surface area contributed by atoms with E-state index in [1.807, 2.05) is 17.0 Å². The summed E-state index contributed by atoms with van der Waals surface area (Å²) in [5.41, 5.74) is 0.457. The third-order valence-electron chi connectivity index (χ3n) is 5.54. The van der Waals surface area contributed by atoms with Crippen LogP contribution in [0.25, 0.3) is 0 Å². The fraction of sp³-hybridized carbons (Fsp3) is 0.600. The van der Waals surface area contributed by atoms with Crippen LogP contribution in [0.5, 0.6) is 5.75 Å². The van der Waals surface area contributed by atoms with Crippen LogP contribution < -0.4 is 15.0 Å². The molecule has 26 heavy (non-hydrogen) atoms. The Bertz CT molecular complexity index is 630. The summed E-state index contributed by atoms with van der Waals surface area (Å²) in [6.45, 7) is 4.48. The number of anilines is 1. The van der Waals surface area contributed by atoms with Crippen LogP contribution in [-0.4, -0.2) is 55.5 Å². The summed E-state index contributed by atoms with van der Waals surface area (Å²) in [4.78, 5) is 29.1. The molecular formula is C20H29N3O3. The number of benzene rings is 1. The van der Waals surface area contributed by atoms with Crippen LogP contribution in [0.4, 0.5) is 5.69 Å². The fourth-order valence-corrected chi connectivity index (χ4v) is 4.15. The van der Waals surface area contributed by atoms with Gasteiger partial charge in [0.25, 0.3) is 0 Å². The molecule has 0 spiro atoms. The summed E-state index contributed by atoms with van der Waals surface area (Å²) in [6, 6.07) is 8.02. The van der Waals surface area contributed by atoms with Crippen LogP contribution in [0, 0.1) is 0 Å². The molecule has 3 rings (SSSR count). The van der Waals surface area contributed by atoms with Crippen molar-refractivity contribution in [3.8, 4) is 5.75 Å². The Morgan fingerprint density at radius 2 is 1.62 bits per heavy atom. The highest BCUT2D eigenvalue weighted by Crippen LogP contribution is 2.31. The highest BCUT2D eigenvalue weighted by molar-refractivity contribution is 5.91. The molecule has 0 atom stereocenters. The van der Waals surface area contributed by atoms with Gasteiger partial charge in [-0.05, 0) is 37.1 Å². The number of methoxy groups -OCH3 is 1. The van der Waals surface area contributed by atoms with Crippen LogP contribution in [-0.2, 0) is 9.59 Å². The first-order valence-corrected chi connectivity index (χ1v) is 9.51. The molecule has 1 heterocycles. The number of nitrogens with zero attached hydrogens (tertiary/aromatic N) is 2. The molecule has 1 aromatic rings. The Morgan fingerprint density at radius 3 is 2.15 bits per heavy atom. The lowest BCUT2D eigenvalue weighted by molar-refractivity contribution is -0.143. The zero-order chi connectivity index (χ0) is 18.6. The molecule has 2 fully saturated rings. The van der Waals surface area contributed by atoms with Gasteiger partial charge in [-0.1, -0.05) is 19.3 Å². The molecule has 142 valence electrons. The van der Waals surface area contributed by atoms with Gasteiger partial charge in [0.05, 0.1) is 7.11 Å². The molecule has 1 saturated heterocycles. The van der Waals surface area contributed by atoms with Crippen molar-refractivity contribution in [3.05, 3.63) is 24.3 Å². The highest BCUT2D eigenvalue weighted by atomic mass is 16.5. The van der Waals surface area contributed by atoms with Gasteiger partial charge in [-0.2, -0.15) is 0 Å². The van der Waals surface area contributed by atoms with E-state index < -0.39 is 5.54 Å². The van der Waals surface area contributed by atoms with Gasteiger partial charge in [-0.3, -0.25) is 9.59 Å². The number of nitrogens with one attached hydrogen (secondary N) is 1. The van der Waals surface area contributed by atoms with Gasteiger partial charge in [-0.15, -0.1) is 0 Å². The molecule has 2 aliphatic rings. The van der Waals surface area contributed by atoms with Crippen molar-refractivity contribution in [2.45, 2.75) is 44.6 Å². The second kappa shape index (κ2) is 7.98. The minimum Gasteiger partial charge on any atom is -0.497 e. The van der Waals surface area contributed by atoms with Crippen LogP contribution in [0.2, 0.25) is 0 Å². The lowest BCUT2D eigenvalue weighted by Crippen LogP contribution is -2.63. The topological polar surface area (TPSA) is 61.9 Å². The van der Waals surface area contributed by atoms with E-state index in [1.54, 1.807) is 7.11 Å². The van der Waals surface area contributed by atoms with Crippen LogP contribution in [0.1, 0.15) is 39.0 Å². The Morgan fingerprint density at radius 1 is 1.00 bits per heavy atom. The normalized spacial score (nSPS) is 19.8. The van der Waals surface area contributed by atoms with Gasteiger partial charge in [0.1, 0.15) is 11.3 Å². The maximum Gasteiger partial charge on any atom is 0.248 e. The minimum absolute atomic E-state index is 0.0989. The van der Waals surface area contributed by atoms with E-state index in [1.165, 1.54) is 6.92 Å². The molecule has 1 saturated carbocycles. The number of rotatable bonds is 4. The summed E-state index contributed by atoms with van der Waals surface area (Å²) in [6.07, 6.45) is 4.64. The number of amides is 2. The third-order valence-corrected chi connectivity index (χ3v) is 5.54. The van der Waals surface area contributed by atoms with E-state index in [0.29, 0.717) is 13.1 Å². The first-order chi connectivity index (χ1) is 12.5. The van der Waals surface area contributed by atoms with Crippen LogP contribution in [0.15, 0.2) is 24.3 Å². The zero-order valence-electron chi connectivity index (χ0n) is 15.8. The second-order valence-electron chi connectivity index (χ2n) is 7.30. The lowest BCUT2D eigenvalue weighted by atomic mass is 9.80. The van der Waals surface area contributed by atoms with Crippen molar-refractivity contribution in [1.29, 1.82) is 0 Å². The van der Waals surface area contributed by atoms with Crippen molar-refractivity contribution in [1.82, 2.24) is 10.2 Å². The lowest BCUT2D eigenvalue weighted by Gasteiger charge is -2.43. The molecule has 1 aromatic carbocycles. The molecule has 1 aliphatic heterocycles. The Labute approximate surface area is 155 Å². The molecule has 1 N–H and O–H groups in total. The van der Waals surface area contributed by atoms with E-state index in [-0.39, 0.29) is 11.8 Å². The first kappa shape index (κ1) is 18.5. The standard InChI is InChI=1S/C20H29N3O3/c1-16(24)21-20(10-4-3-5-11-20)19(25)23-14-12-22(13-15-23)17-6-8-18(26-2)9-7-17/h6-9H,3-5,10-15H2,1-2H3,(H,21,24). The number of carbonyl (C=O) groups is 2. The van der Waals surface area contributed by atoms with Gasteiger partial charge in [-0.25, -0.2) is 0 Å². The fourth-order valence-electron chi connectivity index (χ4n) is 4.15. The molecule has 0 bridgehead atoms.